The van der Waals surface area contributed by atoms with Gasteiger partial charge in [-0.15, -0.1) is 0 Å². The standard InChI is InChI=1S/C26H38OS/c1-2-3-4-5-6-7-8-12-15-18-25-26(28-25)19-16-13-10-9-11-14-17-24(27)22-23-20-21-23/h3-4,6-7,9,11-13,15-16,23,25-26H,2,5,8,10,14,17-22H2,1H3/b4-3-,7-6-,11-9-,15-12-,16-13-. The second-order valence-corrected chi connectivity index (χ2v) is 9.36. The molecule has 2 unspecified atom stereocenters. The Hall–Kier alpha value is -1.28. The van der Waals surface area contributed by atoms with Gasteiger partial charge in [-0.2, -0.15) is 11.8 Å². The van der Waals surface area contributed by atoms with Gasteiger partial charge in [-0.3, -0.25) is 4.79 Å². The molecule has 2 heteroatoms. The van der Waals surface area contributed by atoms with Crippen LogP contribution in [0.5, 0.6) is 0 Å². The molecule has 0 aromatic carbocycles. The van der Waals surface area contributed by atoms with E-state index >= 15 is 0 Å². The number of carbonyl (C=O) groups excluding carboxylic acids is 1. The van der Waals surface area contributed by atoms with Gasteiger partial charge < -0.3 is 0 Å². The van der Waals surface area contributed by atoms with Crippen molar-refractivity contribution < 1.29 is 4.79 Å². The zero-order valence-electron chi connectivity index (χ0n) is 17.6. The molecule has 2 aliphatic rings. The van der Waals surface area contributed by atoms with Crippen LogP contribution in [0.15, 0.2) is 60.8 Å². The van der Waals surface area contributed by atoms with Crippen molar-refractivity contribution in [1.29, 1.82) is 0 Å². The summed E-state index contributed by atoms with van der Waals surface area (Å²) in [5, 5.41) is 1.64. The SMILES string of the molecule is CC/C=C\C/C=C\C/C=C\CC1SC1C/C=C\C/C=C\CCC(=O)CC1CC1. The first-order valence-electron chi connectivity index (χ1n) is 11.2. The first-order valence-corrected chi connectivity index (χ1v) is 12.2. The summed E-state index contributed by atoms with van der Waals surface area (Å²) in [6, 6.07) is 0. The van der Waals surface area contributed by atoms with E-state index < -0.39 is 0 Å². The Labute approximate surface area is 177 Å². The summed E-state index contributed by atoms with van der Waals surface area (Å²) in [5.41, 5.74) is 0. The van der Waals surface area contributed by atoms with Crippen LogP contribution in [0, 0.1) is 5.92 Å². The van der Waals surface area contributed by atoms with E-state index in [2.05, 4.69) is 79.4 Å². The van der Waals surface area contributed by atoms with Gasteiger partial charge in [0.2, 0.25) is 0 Å². The molecular formula is C26H38OS. The lowest BCUT2D eigenvalue weighted by Crippen LogP contribution is -1.97. The first-order chi connectivity index (χ1) is 13.8. The molecule has 154 valence electrons. The molecule has 0 N–H and O–H groups in total. The highest BCUT2D eigenvalue weighted by Crippen LogP contribution is 2.46. The number of rotatable bonds is 16. The minimum absolute atomic E-state index is 0.452. The van der Waals surface area contributed by atoms with Crippen LogP contribution in [0.4, 0.5) is 0 Å². The van der Waals surface area contributed by atoms with Crippen molar-refractivity contribution in [2.45, 2.75) is 88.1 Å². The van der Waals surface area contributed by atoms with Gasteiger partial charge in [0.25, 0.3) is 0 Å². The van der Waals surface area contributed by atoms with Crippen LogP contribution in [0.1, 0.15) is 77.6 Å². The minimum Gasteiger partial charge on any atom is -0.300 e. The van der Waals surface area contributed by atoms with E-state index in [0.717, 1.165) is 61.4 Å². The molecule has 2 atom stereocenters. The maximum atomic E-state index is 11.7. The lowest BCUT2D eigenvalue weighted by Gasteiger charge is -1.95. The molecule has 0 aromatic heterocycles. The monoisotopic (exact) mass is 398 g/mol. The van der Waals surface area contributed by atoms with Crippen LogP contribution in [-0.4, -0.2) is 16.3 Å². The zero-order chi connectivity index (χ0) is 19.9. The van der Waals surface area contributed by atoms with E-state index in [1.54, 1.807) is 0 Å². The molecule has 2 rings (SSSR count). The van der Waals surface area contributed by atoms with Gasteiger partial charge in [0.1, 0.15) is 5.78 Å². The summed E-state index contributed by atoms with van der Waals surface area (Å²) in [6.07, 6.45) is 34.2. The number of thioether (sulfide) groups is 1. The number of hydrogen-bond donors (Lipinski definition) is 0. The van der Waals surface area contributed by atoms with Crippen molar-refractivity contribution in [3.8, 4) is 0 Å². The molecular weight excluding hydrogens is 360 g/mol. The molecule has 0 amide bonds. The number of carbonyl (C=O) groups is 1. The second-order valence-electron chi connectivity index (χ2n) is 7.88. The molecule has 1 saturated heterocycles. The van der Waals surface area contributed by atoms with Crippen LogP contribution in [-0.2, 0) is 4.79 Å². The van der Waals surface area contributed by atoms with Gasteiger partial charge in [-0.1, -0.05) is 67.7 Å². The number of ketones is 1. The molecule has 1 heterocycles. The zero-order valence-corrected chi connectivity index (χ0v) is 18.4. The van der Waals surface area contributed by atoms with E-state index in [0.29, 0.717) is 5.78 Å². The highest BCUT2D eigenvalue weighted by Gasteiger charge is 2.35. The topological polar surface area (TPSA) is 17.1 Å². The summed E-state index contributed by atoms with van der Waals surface area (Å²) >= 11 is 2.11. The molecule has 1 saturated carbocycles. The molecule has 0 radical (unpaired) electrons. The van der Waals surface area contributed by atoms with E-state index in [1.165, 1.54) is 25.7 Å². The highest BCUT2D eigenvalue weighted by atomic mass is 32.2. The minimum atomic E-state index is 0.452. The van der Waals surface area contributed by atoms with Crippen LogP contribution >= 0.6 is 11.8 Å². The fraction of sp³-hybridized carbons (Fsp3) is 0.577. The summed E-state index contributed by atoms with van der Waals surface area (Å²) in [4.78, 5) is 11.7. The third kappa shape index (κ3) is 12.2. The van der Waals surface area contributed by atoms with E-state index in [-0.39, 0.29) is 0 Å². The smallest absolute Gasteiger partial charge is 0.133 e. The highest BCUT2D eigenvalue weighted by molar-refractivity contribution is 8.07. The molecule has 1 aliphatic carbocycles. The Balaban J connectivity index is 1.40. The fourth-order valence-corrected chi connectivity index (χ4v) is 4.17. The summed E-state index contributed by atoms with van der Waals surface area (Å²) in [7, 11) is 0. The molecule has 1 aliphatic heterocycles. The molecule has 1 nitrogen and oxygen atoms in total. The quantitative estimate of drug-likeness (QED) is 0.195. The van der Waals surface area contributed by atoms with Gasteiger partial charge in [0.05, 0.1) is 0 Å². The van der Waals surface area contributed by atoms with E-state index in [9.17, 15) is 4.79 Å². The van der Waals surface area contributed by atoms with Crippen molar-refractivity contribution in [1.82, 2.24) is 0 Å². The molecule has 0 aromatic rings. The largest absolute Gasteiger partial charge is 0.300 e. The van der Waals surface area contributed by atoms with Crippen LogP contribution in [0.3, 0.4) is 0 Å². The Morgan fingerprint density at radius 1 is 0.786 bits per heavy atom. The number of hydrogen-bond acceptors (Lipinski definition) is 2. The number of Topliss-reactive ketones (excluding diaryl/α,β-unsaturated/α-hetero) is 1. The summed E-state index contributed by atoms with van der Waals surface area (Å²) in [5.74, 6) is 1.18. The summed E-state index contributed by atoms with van der Waals surface area (Å²) in [6.45, 7) is 2.17. The third-order valence-electron chi connectivity index (χ3n) is 5.11. The third-order valence-corrected chi connectivity index (χ3v) is 6.54. The van der Waals surface area contributed by atoms with Crippen LogP contribution in [0.25, 0.3) is 0 Å². The first kappa shape index (κ1) is 23.0. The predicted molar refractivity (Wildman–Crippen MR) is 126 cm³/mol. The van der Waals surface area contributed by atoms with Crippen molar-refractivity contribution in [3.05, 3.63) is 60.8 Å². The maximum Gasteiger partial charge on any atom is 0.133 e. The predicted octanol–water partition coefficient (Wildman–Crippen LogP) is 7.76. The molecule has 0 bridgehead atoms. The Morgan fingerprint density at radius 2 is 1.32 bits per heavy atom. The Morgan fingerprint density at radius 3 is 1.89 bits per heavy atom. The Bertz CT molecular complexity index is 577. The molecule has 2 fully saturated rings. The summed E-state index contributed by atoms with van der Waals surface area (Å²) < 4.78 is 0. The van der Waals surface area contributed by atoms with Gasteiger partial charge in [-0.25, -0.2) is 0 Å². The van der Waals surface area contributed by atoms with Crippen LogP contribution in [0.2, 0.25) is 0 Å². The van der Waals surface area contributed by atoms with Crippen LogP contribution < -0.4 is 0 Å². The van der Waals surface area contributed by atoms with Crippen molar-refractivity contribution in [3.63, 3.8) is 0 Å². The van der Waals surface area contributed by atoms with Crippen molar-refractivity contribution >= 4 is 17.5 Å². The number of allylic oxidation sites excluding steroid dienone is 10. The van der Waals surface area contributed by atoms with Gasteiger partial charge in [0, 0.05) is 23.3 Å². The Kier molecular flexibility index (Phi) is 12.1. The fourth-order valence-electron chi connectivity index (χ4n) is 3.14. The average Bonchev–Trinajstić information content (AvgIpc) is 3.60. The average molecular weight is 399 g/mol. The normalized spacial score (nSPS) is 22.6. The van der Waals surface area contributed by atoms with Crippen molar-refractivity contribution in [2.24, 2.45) is 5.92 Å². The van der Waals surface area contributed by atoms with E-state index in [4.69, 9.17) is 0 Å². The maximum absolute atomic E-state index is 11.7. The second kappa shape index (κ2) is 14.7. The molecule has 28 heavy (non-hydrogen) atoms. The lowest BCUT2D eigenvalue weighted by atomic mass is 10.1. The van der Waals surface area contributed by atoms with Gasteiger partial charge >= 0.3 is 0 Å². The lowest BCUT2D eigenvalue weighted by molar-refractivity contribution is -0.119. The van der Waals surface area contributed by atoms with Crippen molar-refractivity contribution in [2.75, 3.05) is 0 Å². The van der Waals surface area contributed by atoms with Gasteiger partial charge in [-0.05, 0) is 63.7 Å². The molecule has 0 spiro atoms. The van der Waals surface area contributed by atoms with E-state index in [1.807, 2.05) is 0 Å². The van der Waals surface area contributed by atoms with Gasteiger partial charge in [0.15, 0.2) is 0 Å².